The van der Waals surface area contributed by atoms with Crippen LogP contribution in [0.4, 0.5) is 0 Å². The molecule has 1 fully saturated rings. The van der Waals surface area contributed by atoms with Crippen LogP contribution in [0.3, 0.4) is 0 Å². The van der Waals surface area contributed by atoms with Crippen molar-refractivity contribution in [3.8, 4) is 5.75 Å². The average molecular weight is 248 g/mol. The second kappa shape index (κ2) is 5.40. The fourth-order valence-electron chi connectivity index (χ4n) is 2.31. The molecule has 18 heavy (non-hydrogen) atoms. The second-order valence-corrected chi connectivity index (χ2v) is 4.97. The number of rotatable bonds is 4. The minimum Gasteiger partial charge on any atom is -0.496 e. The normalized spacial score (nSPS) is 22.8. The smallest absolute Gasteiger partial charge is 0.255 e. The third kappa shape index (κ3) is 2.82. The maximum absolute atomic E-state index is 12.1. The summed E-state index contributed by atoms with van der Waals surface area (Å²) in [5.41, 5.74) is 0.610. The van der Waals surface area contributed by atoms with Crippen molar-refractivity contribution < 1.29 is 9.53 Å². The summed E-state index contributed by atoms with van der Waals surface area (Å²) in [6, 6.07) is 7.27. The Balaban J connectivity index is 1.99. The first-order chi connectivity index (χ1) is 8.64. The van der Waals surface area contributed by atoms with Crippen LogP contribution < -0.4 is 15.4 Å². The molecule has 1 atom stereocenters. The van der Waals surface area contributed by atoms with E-state index in [1.165, 1.54) is 6.42 Å². The molecule has 1 saturated heterocycles. The van der Waals surface area contributed by atoms with Gasteiger partial charge in [0.25, 0.3) is 5.91 Å². The predicted molar refractivity (Wildman–Crippen MR) is 71.0 cm³/mol. The second-order valence-electron chi connectivity index (χ2n) is 4.97. The van der Waals surface area contributed by atoms with Gasteiger partial charge in [0, 0.05) is 12.1 Å². The van der Waals surface area contributed by atoms with E-state index in [1.807, 2.05) is 12.1 Å². The van der Waals surface area contributed by atoms with Crippen LogP contribution in [-0.2, 0) is 0 Å². The molecule has 4 heteroatoms. The number of para-hydroxylation sites is 1. The highest BCUT2D eigenvalue weighted by Gasteiger charge is 2.28. The van der Waals surface area contributed by atoms with Crippen LogP contribution in [0.2, 0.25) is 0 Å². The number of amides is 1. The van der Waals surface area contributed by atoms with Crippen molar-refractivity contribution in [3.05, 3.63) is 29.8 Å². The van der Waals surface area contributed by atoms with E-state index in [-0.39, 0.29) is 11.4 Å². The van der Waals surface area contributed by atoms with Crippen LogP contribution in [0.1, 0.15) is 30.1 Å². The summed E-state index contributed by atoms with van der Waals surface area (Å²) in [4.78, 5) is 12.1. The van der Waals surface area contributed by atoms with E-state index < -0.39 is 0 Å². The summed E-state index contributed by atoms with van der Waals surface area (Å²) in [5.74, 6) is 0.530. The molecule has 1 aromatic carbocycles. The molecule has 0 radical (unpaired) electrons. The summed E-state index contributed by atoms with van der Waals surface area (Å²) >= 11 is 0. The van der Waals surface area contributed by atoms with E-state index in [0.29, 0.717) is 17.9 Å². The van der Waals surface area contributed by atoms with Crippen molar-refractivity contribution >= 4 is 5.91 Å². The Hall–Kier alpha value is -1.55. The zero-order valence-electron chi connectivity index (χ0n) is 11.0. The van der Waals surface area contributed by atoms with Crippen LogP contribution in [0, 0.1) is 0 Å². The van der Waals surface area contributed by atoms with Crippen LogP contribution in [-0.4, -0.2) is 31.6 Å². The van der Waals surface area contributed by atoms with Crippen molar-refractivity contribution in [3.63, 3.8) is 0 Å². The Kier molecular flexibility index (Phi) is 3.87. The Labute approximate surface area is 108 Å². The largest absolute Gasteiger partial charge is 0.496 e. The zero-order valence-corrected chi connectivity index (χ0v) is 11.0. The highest BCUT2D eigenvalue weighted by Crippen LogP contribution is 2.19. The number of hydrogen-bond acceptors (Lipinski definition) is 3. The number of carbonyl (C=O) groups excluding carboxylic acids is 1. The molecule has 1 heterocycles. The molecule has 98 valence electrons. The van der Waals surface area contributed by atoms with Crippen LogP contribution >= 0.6 is 0 Å². The third-order valence-corrected chi connectivity index (χ3v) is 3.45. The summed E-state index contributed by atoms with van der Waals surface area (Å²) in [6.07, 6.45) is 2.26. The summed E-state index contributed by atoms with van der Waals surface area (Å²) in [6.45, 7) is 3.81. The first-order valence-corrected chi connectivity index (χ1v) is 6.31. The molecule has 4 nitrogen and oxygen atoms in total. The molecule has 1 aliphatic rings. The molecule has 0 spiro atoms. The van der Waals surface area contributed by atoms with Gasteiger partial charge >= 0.3 is 0 Å². The number of carbonyl (C=O) groups is 1. The molecule has 0 aliphatic carbocycles. The molecule has 2 rings (SSSR count). The molecule has 1 unspecified atom stereocenters. The first-order valence-electron chi connectivity index (χ1n) is 6.31. The SMILES string of the molecule is COc1ccccc1C(=O)NCC1(C)CCCN1. The maximum atomic E-state index is 12.1. The fraction of sp³-hybridized carbons (Fsp3) is 0.500. The van der Waals surface area contributed by atoms with Gasteiger partial charge in [-0.25, -0.2) is 0 Å². The van der Waals surface area contributed by atoms with Gasteiger partial charge < -0.3 is 15.4 Å². The molecule has 2 N–H and O–H groups in total. The number of nitrogens with one attached hydrogen (secondary N) is 2. The number of benzene rings is 1. The lowest BCUT2D eigenvalue weighted by atomic mass is 10.0. The van der Waals surface area contributed by atoms with Gasteiger partial charge in [-0.2, -0.15) is 0 Å². The van der Waals surface area contributed by atoms with E-state index >= 15 is 0 Å². The van der Waals surface area contributed by atoms with Crippen LogP contribution in [0.5, 0.6) is 5.75 Å². The lowest BCUT2D eigenvalue weighted by Crippen LogP contribution is -2.47. The van der Waals surface area contributed by atoms with Gasteiger partial charge in [-0.05, 0) is 38.4 Å². The Bertz CT molecular complexity index is 426. The fourth-order valence-corrected chi connectivity index (χ4v) is 2.31. The van der Waals surface area contributed by atoms with Gasteiger partial charge in [-0.3, -0.25) is 4.79 Å². The summed E-state index contributed by atoms with van der Waals surface area (Å²) < 4.78 is 5.19. The van der Waals surface area contributed by atoms with Gasteiger partial charge in [0.1, 0.15) is 5.75 Å². The Morgan fingerprint density at radius 2 is 2.28 bits per heavy atom. The van der Waals surface area contributed by atoms with E-state index in [9.17, 15) is 4.79 Å². The van der Waals surface area contributed by atoms with Crippen molar-refractivity contribution in [2.24, 2.45) is 0 Å². The van der Waals surface area contributed by atoms with Crippen molar-refractivity contribution in [1.82, 2.24) is 10.6 Å². The van der Waals surface area contributed by atoms with Crippen molar-refractivity contribution in [2.45, 2.75) is 25.3 Å². The van der Waals surface area contributed by atoms with E-state index in [1.54, 1.807) is 19.2 Å². The van der Waals surface area contributed by atoms with Gasteiger partial charge in [0.15, 0.2) is 0 Å². The molecule has 0 aromatic heterocycles. The van der Waals surface area contributed by atoms with Gasteiger partial charge in [0.05, 0.1) is 12.7 Å². The van der Waals surface area contributed by atoms with E-state index in [4.69, 9.17) is 4.74 Å². The van der Waals surface area contributed by atoms with Gasteiger partial charge in [-0.15, -0.1) is 0 Å². The monoisotopic (exact) mass is 248 g/mol. The summed E-state index contributed by atoms with van der Waals surface area (Å²) in [5, 5.41) is 6.40. The Morgan fingerprint density at radius 3 is 2.94 bits per heavy atom. The summed E-state index contributed by atoms with van der Waals surface area (Å²) in [7, 11) is 1.58. The highest BCUT2D eigenvalue weighted by molar-refractivity contribution is 5.96. The quantitative estimate of drug-likeness (QED) is 0.850. The highest BCUT2D eigenvalue weighted by atomic mass is 16.5. The number of methoxy groups -OCH3 is 1. The van der Waals surface area contributed by atoms with Crippen molar-refractivity contribution in [2.75, 3.05) is 20.2 Å². The molecular weight excluding hydrogens is 228 g/mol. The minimum absolute atomic E-state index is 0.0255. The standard InChI is InChI=1S/C14H20N2O2/c1-14(8-5-9-16-14)10-15-13(17)11-6-3-4-7-12(11)18-2/h3-4,6-7,16H,5,8-10H2,1-2H3,(H,15,17). The molecule has 1 amide bonds. The van der Waals surface area contributed by atoms with Crippen molar-refractivity contribution in [1.29, 1.82) is 0 Å². The van der Waals surface area contributed by atoms with E-state index in [2.05, 4.69) is 17.6 Å². The van der Waals surface area contributed by atoms with Gasteiger partial charge in [-0.1, -0.05) is 12.1 Å². The lowest BCUT2D eigenvalue weighted by molar-refractivity contribution is 0.0939. The molecular formula is C14H20N2O2. The van der Waals surface area contributed by atoms with Crippen LogP contribution in [0.15, 0.2) is 24.3 Å². The topological polar surface area (TPSA) is 50.4 Å². The third-order valence-electron chi connectivity index (χ3n) is 3.45. The Morgan fingerprint density at radius 1 is 1.50 bits per heavy atom. The van der Waals surface area contributed by atoms with E-state index in [0.717, 1.165) is 13.0 Å². The maximum Gasteiger partial charge on any atom is 0.255 e. The van der Waals surface area contributed by atoms with Gasteiger partial charge in [0.2, 0.25) is 0 Å². The number of hydrogen-bond donors (Lipinski definition) is 2. The molecule has 1 aromatic rings. The lowest BCUT2D eigenvalue weighted by Gasteiger charge is -2.24. The average Bonchev–Trinajstić information content (AvgIpc) is 2.83. The number of ether oxygens (including phenoxy) is 1. The molecule has 0 saturated carbocycles. The molecule has 0 bridgehead atoms. The first kappa shape index (κ1) is 12.9. The van der Waals surface area contributed by atoms with Crippen LogP contribution in [0.25, 0.3) is 0 Å². The zero-order chi connectivity index (χ0) is 13.0. The predicted octanol–water partition coefficient (Wildman–Crippen LogP) is 1.57. The molecule has 1 aliphatic heterocycles. The minimum atomic E-state index is -0.0811.